The molecule has 0 aromatic heterocycles. The Kier molecular flexibility index (Phi) is 4.59. The van der Waals surface area contributed by atoms with Gasteiger partial charge in [0.2, 0.25) is 0 Å². The van der Waals surface area contributed by atoms with Crippen LogP contribution < -0.4 is 15.4 Å². The number of nitrogens with one attached hydrogen (secondary N) is 2. The summed E-state index contributed by atoms with van der Waals surface area (Å²) in [7, 11) is 0. The lowest BCUT2D eigenvalue weighted by Gasteiger charge is -2.11. The minimum Gasteiger partial charge on any atom is -0.480 e. The van der Waals surface area contributed by atoms with Gasteiger partial charge in [0, 0.05) is 13.0 Å². The lowest BCUT2D eigenvalue weighted by Crippen LogP contribution is -2.38. The monoisotopic (exact) mass is 248 g/mol. The van der Waals surface area contributed by atoms with E-state index < -0.39 is 0 Å². The topological polar surface area (TPSA) is 50.4 Å². The molecule has 2 rings (SSSR count). The van der Waals surface area contributed by atoms with E-state index in [1.807, 2.05) is 24.3 Å². The quantitative estimate of drug-likeness (QED) is 0.741. The maximum atomic E-state index is 11.9. The average Bonchev–Trinajstić information content (AvgIpc) is 2.82. The second kappa shape index (κ2) is 6.40. The summed E-state index contributed by atoms with van der Waals surface area (Å²) in [5, 5.41) is 6.14. The maximum Gasteiger partial charge on any atom is 0.261 e. The molecule has 4 heteroatoms. The number of carbonyl (C=O) groups excluding carboxylic acids is 1. The molecule has 0 fully saturated rings. The Hall–Kier alpha value is -1.55. The summed E-state index contributed by atoms with van der Waals surface area (Å²) in [6, 6.07) is 7.82. The molecule has 0 bridgehead atoms. The fourth-order valence-corrected chi connectivity index (χ4v) is 2.04. The van der Waals surface area contributed by atoms with Gasteiger partial charge in [-0.2, -0.15) is 0 Å². The van der Waals surface area contributed by atoms with Crippen LogP contribution >= 0.6 is 0 Å². The lowest BCUT2D eigenvalue weighted by atomic mass is 10.1. The van der Waals surface area contributed by atoms with Gasteiger partial charge in [0.05, 0.1) is 0 Å². The Labute approximate surface area is 108 Å². The smallest absolute Gasteiger partial charge is 0.261 e. The van der Waals surface area contributed by atoms with Crippen molar-refractivity contribution in [2.75, 3.05) is 19.6 Å². The summed E-state index contributed by atoms with van der Waals surface area (Å²) in [6.07, 6.45) is 1.26. The molecule has 2 N–H and O–H groups in total. The Morgan fingerprint density at radius 2 is 2.22 bits per heavy atom. The van der Waals surface area contributed by atoms with Crippen molar-refractivity contribution in [3.63, 3.8) is 0 Å². The number of ether oxygens (including phenoxy) is 1. The molecule has 1 amide bonds. The minimum absolute atomic E-state index is 0.0114. The predicted octanol–water partition coefficient (Wildman–Crippen LogP) is 1.11. The standard InChI is InChI=1S/C14H20N2O2/c1-2-15-8-5-9-16-14(17)13-10-11-6-3-4-7-12(11)18-13/h3-4,6-7,13,15H,2,5,8-10H2,1H3,(H,16,17). The summed E-state index contributed by atoms with van der Waals surface area (Å²) in [5.74, 6) is 0.827. The highest BCUT2D eigenvalue weighted by Gasteiger charge is 2.28. The molecular weight excluding hydrogens is 228 g/mol. The molecular formula is C14H20N2O2. The number of rotatable bonds is 6. The second-order valence-electron chi connectivity index (χ2n) is 4.42. The summed E-state index contributed by atoms with van der Waals surface area (Å²) >= 11 is 0. The maximum absolute atomic E-state index is 11.9. The highest BCUT2D eigenvalue weighted by Crippen LogP contribution is 2.27. The second-order valence-corrected chi connectivity index (χ2v) is 4.42. The van der Waals surface area contributed by atoms with Gasteiger partial charge in [0.15, 0.2) is 6.10 Å². The van der Waals surface area contributed by atoms with E-state index in [1.54, 1.807) is 0 Å². The van der Waals surface area contributed by atoms with Crippen LogP contribution in [-0.2, 0) is 11.2 Å². The average molecular weight is 248 g/mol. The van der Waals surface area contributed by atoms with Crippen molar-refractivity contribution < 1.29 is 9.53 Å². The molecule has 1 aliphatic rings. The molecule has 1 heterocycles. The SMILES string of the molecule is CCNCCCNC(=O)C1Cc2ccccc2O1. The normalized spacial score (nSPS) is 17.1. The summed E-state index contributed by atoms with van der Waals surface area (Å²) in [5.41, 5.74) is 1.12. The van der Waals surface area contributed by atoms with Crippen molar-refractivity contribution in [3.05, 3.63) is 29.8 Å². The fourth-order valence-electron chi connectivity index (χ4n) is 2.04. The number of benzene rings is 1. The first-order valence-corrected chi connectivity index (χ1v) is 6.54. The van der Waals surface area contributed by atoms with Crippen LogP contribution in [0, 0.1) is 0 Å². The molecule has 1 atom stereocenters. The first-order valence-electron chi connectivity index (χ1n) is 6.54. The van der Waals surface area contributed by atoms with Crippen molar-refractivity contribution >= 4 is 5.91 Å². The van der Waals surface area contributed by atoms with Gasteiger partial charge >= 0.3 is 0 Å². The lowest BCUT2D eigenvalue weighted by molar-refractivity contribution is -0.127. The number of hydrogen-bond acceptors (Lipinski definition) is 3. The van der Waals surface area contributed by atoms with E-state index in [2.05, 4.69) is 17.6 Å². The number of para-hydroxylation sites is 1. The molecule has 0 saturated heterocycles. The van der Waals surface area contributed by atoms with Crippen molar-refractivity contribution in [1.82, 2.24) is 10.6 Å². The van der Waals surface area contributed by atoms with E-state index in [-0.39, 0.29) is 12.0 Å². The Bertz CT molecular complexity index is 382. The summed E-state index contributed by atoms with van der Waals surface area (Å²) < 4.78 is 5.62. The molecule has 1 aromatic carbocycles. The van der Waals surface area contributed by atoms with Gasteiger partial charge in [-0.05, 0) is 31.1 Å². The van der Waals surface area contributed by atoms with E-state index in [4.69, 9.17) is 4.74 Å². The van der Waals surface area contributed by atoms with E-state index in [9.17, 15) is 4.79 Å². The summed E-state index contributed by atoms with van der Waals surface area (Å²) in [6.45, 7) is 4.67. The first-order chi connectivity index (χ1) is 8.81. The van der Waals surface area contributed by atoms with Crippen molar-refractivity contribution in [3.8, 4) is 5.75 Å². The molecule has 1 aromatic rings. The summed E-state index contributed by atoms with van der Waals surface area (Å²) in [4.78, 5) is 11.9. The van der Waals surface area contributed by atoms with E-state index >= 15 is 0 Å². The molecule has 0 saturated carbocycles. The van der Waals surface area contributed by atoms with Crippen LogP contribution in [-0.4, -0.2) is 31.6 Å². The molecule has 0 aliphatic carbocycles. The van der Waals surface area contributed by atoms with E-state index in [0.29, 0.717) is 13.0 Å². The molecule has 0 spiro atoms. The van der Waals surface area contributed by atoms with Crippen LogP contribution in [0.2, 0.25) is 0 Å². The number of hydrogen-bond donors (Lipinski definition) is 2. The molecule has 1 unspecified atom stereocenters. The third kappa shape index (κ3) is 3.23. The first kappa shape index (κ1) is 12.9. The predicted molar refractivity (Wildman–Crippen MR) is 70.7 cm³/mol. The zero-order chi connectivity index (χ0) is 12.8. The van der Waals surface area contributed by atoms with Gasteiger partial charge in [0.1, 0.15) is 5.75 Å². The van der Waals surface area contributed by atoms with Crippen LogP contribution in [0.3, 0.4) is 0 Å². The van der Waals surface area contributed by atoms with Crippen molar-refractivity contribution in [1.29, 1.82) is 0 Å². The fraction of sp³-hybridized carbons (Fsp3) is 0.500. The number of fused-ring (bicyclic) bond motifs is 1. The largest absolute Gasteiger partial charge is 0.480 e. The van der Waals surface area contributed by atoms with Gasteiger partial charge in [-0.1, -0.05) is 25.1 Å². The number of carbonyl (C=O) groups is 1. The van der Waals surface area contributed by atoms with Gasteiger partial charge < -0.3 is 15.4 Å². The van der Waals surface area contributed by atoms with E-state index in [1.165, 1.54) is 0 Å². The van der Waals surface area contributed by atoms with Crippen molar-refractivity contribution in [2.45, 2.75) is 25.9 Å². The van der Waals surface area contributed by atoms with Gasteiger partial charge in [0.25, 0.3) is 5.91 Å². The van der Waals surface area contributed by atoms with Gasteiger partial charge in [-0.25, -0.2) is 0 Å². The zero-order valence-electron chi connectivity index (χ0n) is 10.7. The Morgan fingerprint density at radius 3 is 3.00 bits per heavy atom. The highest BCUT2D eigenvalue weighted by atomic mass is 16.5. The third-order valence-electron chi connectivity index (χ3n) is 3.02. The molecule has 18 heavy (non-hydrogen) atoms. The number of amides is 1. The van der Waals surface area contributed by atoms with Gasteiger partial charge in [-0.3, -0.25) is 4.79 Å². The van der Waals surface area contributed by atoms with E-state index in [0.717, 1.165) is 30.8 Å². The minimum atomic E-state index is -0.360. The Morgan fingerprint density at radius 1 is 1.39 bits per heavy atom. The van der Waals surface area contributed by atoms with Crippen LogP contribution in [0.25, 0.3) is 0 Å². The van der Waals surface area contributed by atoms with Crippen LogP contribution in [0.4, 0.5) is 0 Å². The molecule has 0 radical (unpaired) electrons. The van der Waals surface area contributed by atoms with Crippen molar-refractivity contribution in [2.24, 2.45) is 0 Å². The molecule has 98 valence electrons. The zero-order valence-corrected chi connectivity index (χ0v) is 10.7. The highest BCUT2D eigenvalue weighted by molar-refractivity contribution is 5.82. The molecule has 4 nitrogen and oxygen atoms in total. The Balaban J connectivity index is 1.72. The van der Waals surface area contributed by atoms with Crippen LogP contribution in [0.1, 0.15) is 18.9 Å². The van der Waals surface area contributed by atoms with Gasteiger partial charge in [-0.15, -0.1) is 0 Å². The molecule has 1 aliphatic heterocycles. The van der Waals surface area contributed by atoms with Crippen LogP contribution in [0.15, 0.2) is 24.3 Å². The third-order valence-corrected chi connectivity index (χ3v) is 3.02. The van der Waals surface area contributed by atoms with Crippen LogP contribution in [0.5, 0.6) is 5.75 Å².